The third-order valence-electron chi connectivity index (χ3n) is 2.86. The second kappa shape index (κ2) is 7.76. The van der Waals surface area contributed by atoms with Gasteiger partial charge in [-0.05, 0) is 38.8 Å². The first kappa shape index (κ1) is 19.4. The molecule has 1 aromatic rings. The van der Waals surface area contributed by atoms with Gasteiger partial charge in [0.25, 0.3) is 5.69 Å². The molecular weight excluding hydrogens is 316 g/mol. The minimum Gasteiger partial charge on any atom is -0.458 e. The van der Waals surface area contributed by atoms with Crippen LogP contribution in [0.1, 0.15) is 34.6 Å². The number of hydrogen-bond donors (Lipinski definition) is 1. The number of hydrogen-bond acceptors (Lipinski definition) is 6. The number of rotatable bonds is 5. The highest BCUT2D eigenvalue weighted by Crippen LogP contribution is 2.18. The molecule has 0 saturated carbocycles. The van der Waals surface area contributed by atoms with Gasteiger partial charge in [0.05, 0.1) is 4.92 Å². The van der Waals surface area contributed by atoms with Crippen molar-refractivity contribution in [1.82, 2.24) is 5.32 Å². The van der Waals surface area contributed by atoms with E-state index >= 15 is 0 Å². The van der Waals surface area contributed by atoms with Crippen LogP contribution in [0.4, 0.5) is 10.5 Å². The van der Waals surface area contributed by atoms with Gasteiger partial charge in [-0.15, -0.1) is 0 Å². The first-order valence-electron chi connectivity index (χ1n) is 7.45. The molecule has 8 nitrogen and oxygen atoms in total. The van der Waals surface area contributed by atoms with Crippen molar-refractivity contribution in [3.8, 4) is 5.75 Å². The van der Waals surface area contributed by atoms with Crippen LogP contribution in [0.15, 0.2) is 24.3 Å². The molecule has 0 aromatic heterocycles. The summed E-state index contributed by atoms with van der Waals surface area (Å²) < 4.78 is 10.3. The van der Waals surface area contributed by atoms with E-state index < -0.39 is 28.6 Å². The molecule has 1 N–H and O–H groups in total. The van der Waals surface area contributed by atoms with Crippen molar-refractivity contribution in [3.63, 3.8) is 0 Å². The zero-order valence-electron chi connectivity index (χ0n) is 14.4. The molecule has 1 aromatic carbocycles. The van der Waals surface area contributed by atoms with E-state index in [0.717, 1.165) is 0 Å². The zero-order chi connectivity index (χ0) is 18.5. The minimum atomic E-state index is -0.866. The number of carbonyl (C=O) groups is 2. The van der Waals surface area contributed by atoms with Crippen molar-refractivity contribution in [1.29, 1.82) is 0 Å². The maximum absolute atomic E-state index is 12.1. The van der Waals surface area contributed by atoms with Gasteiger partial charge < -0.3 is 14.8 Å². The first-order chi connectivity index (χ1) is 11.0. The predicted octanol–water partition coefficient (Wildman–Crippen LogP) is 3.05. The highest BCUT2D eigenvalue weighted by Gasteiger charge is 2.29. The van der Waals surface area contributed by atoms with Crippen LogP contribution in [-0.2, 0) is 9.53 Å². The smallest absolute Gasteiger partial charge is 0.413 e. The van der Waals surface area contributed by atoms with Crippen LogP contribution in [0.5, 0.6) is 5.75 Å². The van der Waals surface area contributed by atoms with E-state index in [0.29, 0.717) is 0 Å². The van der Waals surface area contributed by atoms with Gasteiger partial charge in [0, 0.05) is 12.1 Å². The largest absolute Gasteiger partial charge is 0.458 e. The summed E-state index contributed by atoms with van der Waals surface area (Å²) in [6.45, 7) is 8.73. The van der Waals surface area contributed by atoms with E-state index in [1.54, 1.807) is 34.6 Å². The maximum atomic E-state index is 12.1. The summed E-state index contributed by atoms with van der Waals surface area (Å²) in [5.74, 6) is -0.632. The summed E-state index contributed by atoms with van der Waals surface area (Å²) in [5.41, 5.74) is -0.787. The SMILES string of the molecule is CC(C)[C@H](NC(=O)Oc1ccc([N+](=O)[O-])cc1)C(=O)OC(C)(C)C. The monoisotopic (exact) mass is 338 g/mol. The quantitative estimate of drug-likeness (QED) is 0.502. The normalized spacial score (nSPS) is 12.4. The summed E-state index contributed by atoms with van der Waals surface area (Å²) >= 11 is 0. The van der Waals surface area contributed by atoms with E-state index in [4.69, 9.17) is 9.47 Å². The molecule has 1 atom stereocenters. The fourth-order valence-electron chi connectivity index (χ4n) is 1.76. The van der Waals surface area contributed by atoms with Crippen molar-refractivity contribution >= 4 is 17.7 Å². The van der Waals surface area contributed by atoms with Crippen LogP contribution < -0.4 is 10.1 Å². The lowest BCUT2D eigenvalue weighted by atomic mass is 10.0. The highest BCUT2D eigenvalue weighted by molar-refractivity contribution is 5.82. The lowest BCUT2D eigenvalue weighted by Crippen LogP contribution is -2.48. The highest BCUT2D eigenvalue weighted by atomic mass is 16.6. The zero-order valence-corrected chi connectivity index (χ0v) is 14.4. The molecule has 0 saturated heterocycles. The second-order valence-electron chi connectivity index (χ2n) is 6.54. The van der Waals surface area contributed by atoms with E-state index in [-0.39, 0.29) is 17.4 Å². The van der Waals surface area contributed by atoms with Gasteiger partial charge in [-0.3, -0.25) is 10.1 Å². The summed E-state index contributed by atoms with van der Waals surface area (Å²) in [4.78, 5) is 34.1. The molecule has 8 heteroatoms. The van der Waals surface area contributed by atoms with Crippen molar-refractivity contribution in [2.45, 2.75) is 46.3 Å². The number of non-ortho nitro benzene ring substituents is 1. The molecule has 1 rings (SSSR count). The van der Waals surface area contributed by atoms with Gasteiger partial charge in [-0.2, -0.15) is 0 Å². The number of nitro groups is 1. The number of esters is 1. The minimum absolute atomic E-state index is 0.114. The Morgan fingerprint density at radius 1 is 1.17 bits per heavy atom. The molecule has 0 aliphatic carbocycles. The predicted molar refractivity (Wildman–Crippen MR) is 86.7 cm³/mol. The Morgan fingerprint density at radius 2 is 1.71 bits per heavy atom. The van der Waals surface area contributed by atoms with Crippen LogP contribution in [0.25, 0.3) is 0 Å². The van der Waals surface area contributed by atoms with Crippen LogP contribution in [0, 0.1) is 16.0 Å². The Morgan fingerprint density at radius 3 is 2.12 bits per heavy atom. The number of nitrogens with zero attached hydrogens (tertiary/aromatic N) is 1. The number of ether oxygens (including phenoxy) is 2. The Labute approximate surface area is 140 Å². The summed E-state index contributed by atoms with van der Waals surface area (Å²) in [6, 6.07) is 4.17. The summed E-state index contributed by atoms with van der Waals surface area (Å²) in [5, 5.41) is 13.0. The molecule has 0 radical (unpaired) electrons. The topological polar surface area (TPSA) is 108 Å². The van der Waals surface area contributed by atoms with Crippen molar-refractivity contribution in [3.05, 3.63) is 34.4 Å². The molecule has 0 unspecified atom stereocenters. The molecule has 0 bridgehead atoms. The Kier molecular flexibility index (Phi) is 6.27. The van der Waals surface area contributed by atoms with E-state index in [9.17, 15) is 19.7 Å². The van der Waals surface area contributed by atoms with Gasteiger partial charge >= 0.3 is 12.1 Å². The number of nitrogens with one attached hydrogen (secondary N) is 1. The van der Waals surface area contributed by atoms with Gasteiger partial charge in [0.15, 0.2) is 0 Å². The van der Waals surface area contributed by atoms with Crippen LogP contribution in [-0.4, -0.2) is 28.6 Å². The van der Waals surface area contributed by atoms with Crippen molar-refractivity contribution in [2.75, 3.05) is 0 Å². The van der Waals surface area contributed by atoms with E-state index in [1.165, 1.54) is 24.3 Å². The lowest BCUT2D eigenvalue weighted by molar-refractivity contribution is -0.384. The van der Waals surface area contributed by atoms with Gasteiger partial charge in [-0.1, -0.05) is 13.8 Å². The molecule has 132 valence electrons. The second-order valence-corrected chi connectivity index (χ2v) is 6.54. The fourth-order valence-corrected chi connectivity index (χ4v) is 1.76. The molecule has 0 aliphatic heterocycles. The lowest BCUT2D eigenvalue weighted by Gasteiger charge is -2.26. The Balaban J connectivity index is 2.72. The maximum Gasteiger partial charge on any atom is 0.413 e. The number of amides is 1. The van der Waals surface area contributed by atoms with E-state index in [1.807, 2.05) is 0 Å². The number of carbonyl (C=O) groups excluding carboxylic acids is 2. The van der Waals surface area contributed by atoms with Crippen molar-refractivity contribution < 1.29 is 24.0 Å². The average molecular weight is 338 g/mol. The molecule has 0 heterocycles. The molecule has 0 spiro atoms. The van der Waals surface area contributed by atoms with Gasteiger partial charge in [0.2, 0.25) is 0 Å². The third kappa shape index (κ3) is 6.23. The van der Waals surface area contributed by atoms with Gasteiger partial charge in [0.1, 0.15) is 17.4 Å². The Hall–Kier alpha value is -2.64. The van der Waals surface area contributed by atoms with Crippen LogP contribution in [0.2, 0.25) is 0 Å². The van der Waals surface area contributed by atoms with E-state index in [2.05, 4.69) is 5.32 Å². The number of benzene rings is 1. The van der Waals surface area contributed by atoms with Crippen LogP contribution >= 0.6 is 0 Å². The average Bonchev–Trinajstić information content (AvgIpc) is 2.43. The molecular formula is C16H22N2O6. The first-order valence-corrected chi connectivity index (χ1v) is 7.45. The third-order valence-corrected chi connectivity index (χ3v) is 2.86. The molecule has 0 aliphatic rings. The Bertz CT molecular complexity index is 604. The van der Waals surface area contributed by atoms with Crippen molar-refractivity contribution in [2.24, 2.45) is 5.92 Å². The fraction of sp³-hybridized carbons (Fsp3) is 0.500. The molecule has 1 amide bonds. The summed E-state index contributed by atoms with van der Waals surface area (Å²) in [7, 11) is 0. The molecule has 0 fully saturated rings. The number of nitro benzene ring substituents is 1. The van der Waals surface area contributed by atoms with Gasteiger partial charge in [-0.25, -0.2) is 9.59 Å². The standard InChI is InChI=1S/C16H22N2O6/c1-10(2)13(14(19)24-16(3,4)5)17-15(20)23-12-8-6-11(7-9-12)18(21)22/h6-10,13H,1-5H3,(H,17,20)/t13-/m0/s1. The summed E-state index contributed by atoms with van der Waals surface area (Å²) in [6.07, 6.45) is -0.839. The molecule has 24 heavy (non-hydrogen) atoms. The van der Waals surface area contributed by atoms with Crippen LogP contribution in [0.3, 0.4) is 0 Å².